The molecule has 7 heteroatoms. The Labute approximate surface area is 110 Å². The van der Waals surface area contributed by atoms with Gasteiger partial charge in [0, 0.05) is 11.6 Å². The van der Waals surface area contributed by atoms with Gasteiger partial charge in [0.05, 0.1) is 22.8 Å². The van der Waals surface area contributed by atoms with Crippen LogP contribution < -0.4 is 5.32 Å². The van der Waals surface area contributed by atoms with Crippen LogP contribution in [0.5, 0.6) is 0 Å². The van der Waals surface area contributed by atoms with E-state index >= 15 is 0 Å². The highest BCUT2D eigenvalue weighted by atomic mass is 35.5. The second kappa shape index (κ2) is 5.16. The predicted octanol–water partition coefficient (Wildman–Crippen LogP) is 4.43. The highest BCUT2D eigenvalue weighted by Crippen LogP contribution is 2.33. The van der Waals surface area contributed by atoms with E-state index < -0.39 is 11.7 Å². The summed E-state index contributed by atoms with van der Waals surface area (Å²) in [6, 6.07) is 3.18. The Morgan fingerprint density at radius 2 is 2.11 bits per heavy atom. The van der Waals surface area contributed by atoms with Gasteiger partial charge in [-0.15, -0.1) is 11.3 Å². The second-order valence-electron chi connectivity index (χ2n) is 3.47. The van der Waals surface area contributed by atoms with E-state index in [0.717, 1.165) is 17.1 Å². The van der Waals surface area contributed by atoms with E-state index in [4.69, 9.17) is 11.6 Å². The van der Waals surface area contributed by atoms with Crippen LogP contribution in [0, 0.1) is 0 Å². The van der Waals surface area contributed by atoms with Crippen LogP contribution in [0.25, 0.3) is 0 Å². The van der Waals surface area contributed by atoms with Gasteiger partial charge >= 0.3 is 6.18 Å². The van der Waals surface area contributed by atoms with Crippen molar-refractivity contribution in [3.05, 3.63) is 45.4 Å². The first-order valence-electron chi connectivity index (χ1n) is 4.96. The number of benzene rings is 1. The van der Waals surface area contributed by atoms with Crippen LogP contribution >= 0.6 is 22.9 Å². The minimum atomic E-state index is -4.37. The summed E-state index contributed by atoms with van der Waals surface area (Å²) < 4.78 is 37.6. The number of nitrogens with one attached hydrogen (secondary N) is 1. The van der Waals surface area contributed by atoms with Crippen LogP contribution in [0.2, 0.25) is 5.02 Å². The van der Waals surface area contributed by atoms with Crippen molar-refractivity contribution in [1.82, 2.24) is 4.98 Å². The second-order valence-corrected chi connectivity index (χ2v) is 4.86. The van der Waals surface area contributed by atoms with Crippen molar-refractivity contribution >= 4 is 28.6 Å². The molecule has 2 nitrogen and oxygen atoms in total. The maximum Gasteiger partial charge on any atom is 0.416 e. The fraction of sp³-hybridized carbons (Fsp3) is 0.182. The molecule has 0 amide bonds. The average molecular weight is 293 g/mol. The summed E-state index contributed by atoms with van der Waals surface area (Å²) in [4.78, 5) is 4.02. The molecule has 2 aromatic rings. The molecule has 18 heavy (non-hydrogen) atoms. The van der Waals surface area contributed by atoms with Gasteiger partial charge in [0.15, 0.2) is 0 Å². The summed E-state index contributed by atoms with van der Waals surface area (Å²) in [7, 11) is 0. The molecule has 1 aromatic carbocycles. The molecule has 1 aromatic heterocycles. The molecule has 2 rings (SSSR count). The zero-order chi connectivity index (χ0) is 13.2. The summed E-state index contributed by atoms with van der Waals surface area (Å²) in [5, 5.41) is 5.67. The molecule has 0 aliphatic heterocycles. The molecule has 1 heterocycles. The number of nitrogens with zero attached hydrogens (tertiary/aromatic N) is 1. The maximum atomic E-state index is 12.5. The third kappa shape index (κ3) is 3.14. The first-order valence-corrected chi connectivity index (χ1v) is 6.21. The number of hydrogen-bond acceptors (Lipinski definition) is 3. The first-order chi connectivity index (χ1) is 8.47. The van der Waals surface area contributed by atoms with Crippen molar-refractivity contribution in [2.45, 2.75) is 12.7 Å². The van der Waals surface area contributed by atoms with Crippen LogP contribution in [-0.4, -0.2) is 4.98 Å². The van der Waals surface area contributed by atoms with Gasteiger partial charge in [-0.1, -0.05) is 11.6 Å². The van der Waals surface area contributed by atoms with E-state index in [0.29, 0.717) is 6.54 Å². The van der Waals surface area contributed by atoms with Crippen LogP contribution in [0.1, 0.15) is 10.6 Å². The SMILES string of the molecule is FC(F)(F)c1ccc(Cl)c(NCc2nccs2)c1. The van der Waals surface area contributed by atoms with Gasteiger partial charge in [-0.2, -0.15) is 13.2 Å². The van der Waals surface area contributed by atoms with Gasteiger partial charge in [-0.3, -0.25) is 0 Å². The van der Waals surface area contributed by atoms with Crippen molar-refractivity contribution in [3.8, 4) is 0 Å². The fourth-order valence-corrected chi connectivity index (χ4v) is 2.09. The Bertz CT molecular complexity index is 526. The Balaban J connectivity index is 2.16. The van der Waals surface area contributed by atoms with Crippen LogP contribution in [0.3, 0.4) is 0 Å². The Morgan fingerprint density at radius 1 is 1.33 bits per heavy atom. The number of thiazole rings is 1. The topological polar surface area (TPSA) is 24.9 Å². The third-order valence-corrected chi connectivity index (χ3v) is 3.32. The molecule has 0 unspecified atom stereocenters. The standard InChI is InChI=1S/C11H8ClF3N2S/c12-8-2-1-7(11(13,14)15)5-9(8)17-6-10-16-3-4-18-10/h1-5,17H,6H2. The molecular formula is C11H8ClF3N2S. The fourth-order valence-electron chi connectivity index (χ4n) is 1.35. The van der Waals surface area contributed by atoms with E-state index in [1.165, 1.54) is 17.4 Å². The quantitative estimate of drug-likeness (QED) is 0.905. The molecule has 0 fully saturated rings. The minimum absolute atomic E-state index is 0.250. The van der Waals surface area contributed by atoms with Crippen molar-refractivity contribution < 1.29 is 13.2 Å². The Hall–Kier alpha value is -1.27. The minimum Gasteiger partial charge on any atom is -0.377 e. The van der Waals surface area contributed by atoms with Crippen molar-refractivity contribution in [2.75, 3.05) is 5.32 Å². The smallest absolute Gasteiger partial charge is 0.377 e. The lowest BCUT2D eigenvalue weighted by molar-refractivity contribution is -0.137. The highest BCUT2D eigenvalue weighted by molar-refractivity contribution is 7.09. The van der Waals surface area contributed by atoms with Gasteiger partial charge in [-0.25, -0.2) is 4.98 Å². The molecule has 1 N–H and O–H groups in total. The number of halogens is 4. The molecule has 0 saturated carbocycles. The van der Waals surface area contributed by atoms with Crippen LogP contribution in [0.4, 0.5) is 18.9 Å². The number of anilines is 1. The lowest BCUT2D eigenvalue weighted by atomic mass is 10.2. The summed E-state index contributed by atoms with van der Waals surface area (Å²) in [6.45, 7) is 0.346. The number of hydrogen-bond donors (Lipinski definition) is 1. The zero-order valence-corrected chi connectivity index (χ0v) is 10.5. The molecule has 0 bridgehead atoms. The van der Waals surface area contributed by atoms with Crippen molar-refractivity contribution in [2.24, 2.45) is 0 Å². The molecule has 96 valence electrons. The first kappa shape index (κ1) is 13.2. The van der Waals surface area contributed by atoms with E-state index in [1.54, 1.807) is 11.6 Å². The normalized spacial score (nSPS) is 11.6. The maximum absolute atomic E-state index is 12.5. The number of rotatable bonds is 3. The average Bonchev–Trinajstić information content (AvgIpc) is 2.79. The van der Waals surface area contributed by atoms with Gasteiger partial charge in [0.1, 0.15) is 5.01 Å². The summed E-state index contributed by atoms with van der Waals surface area (Å²) >= 11 is 7.26. The predicted molar refractivity (Wildman–Crippen MR) is 65.9 cm³/mol. The van der Waals surface area contributed by atoms with E-state index in [2.05, 4.69) is 10.3 Å². The van der Waals surface area contributed by atoms with Gasteiger partial charge in [0.25, 0.3) is 0 Å². The largest absolute Gasteiger partial charge is 0.416 e. The third-order valence-electron chi connectivity index (χ3n) is 2.21. The van der Waals surface area contributed by atoms with Crippen molar-refractivity contribution in [3.63, 3.8) is 0 Å². The molecule has 0 spiro atoms. The Kier molecular flexibility index (Phi) is 3.77. The highest BCUT2D eigenvalue weighted by Gasteiger charge is 2.30. The van der Waals surface area contributed by atoms with E-state index in [1.807, 2.05) is 0 Å². The monoisotopic (exact) mass is 292 g/mol. The summed E-state index contributed by atoms with van der Waals surface area (Å²) in [5.41, 5.74) is -0.477. The lowest BCUT2D eigenvalue weighted by Gasteiger charge is -2.11. The molecular weight excluding hydrogens is 285 g/mol. The van der Waals surface area contributed by atoms with Gasteiger partial charge < -0.3 is 5.32 Å². The molecule has 0 aliphatic carbocycles. The Morgan fingerprint density at radius 3 is 2.72 bits per heavy atom. The molecule has 0 aliphatic rings. The van der Waals surface area contributed by atoms with Gasteiger partial charge in [0.2, 0.25) is 0 Å². The van der Waals surface area contributed by atoms with E-state index in [-0.39, 0.29) is 10.7 Å². The van der Waals surface area contributed by atoms with Crippen LogP contribution in [0.15, 0.2) is 29.8 Å². The lowest BCUT2D eigenvalue weighted by Crippen LogP contribution is -2.06. The number of aromatic nitrogens is 1. The van der Waals surface area contributed by atoms with Crippen LogP contribution in [-0.2, 0) is 12.7 Å². The zero-order valence-electron chi connectivity index (χ0n) is 8.96. The molecule has 0 radical (unpaired) electrons. The summed E-state index contributed by atoms with van der Waals surface area (Å²) in [5.74, 6) is 0. The van der Waals surface area contributed by atoms with Crippen molar-refractivity contribution in [1.29, 1.82) is 0 Å². The van der Waals surface area contributed by atoms with Gasteiger partial charge in [-0.05, 0) is 18.2 Å². The molecule has 0 saturated heterocycles. The summed E-state index contributed by atoms with van der Waals surface area (Å²) in [6.07, 6.45) is -2.74. The van der Waals surface area contributed by atoms with E-state index in [9.17, 15) is 13.2 Å². The number of alkyl halides is 3. The molecule has 0 atom stereocenters.